The fourth-order valence-electron chi connectivity index (χ4n) is 1.91. The SMILES string of the molecule is CCc1ccc(F)c2[nH]c(C(=O)N(C)C)cc12. The first-order valence-electron chi connectivity index (χ1n) is 5.56. The Balaban J connectivity index is 2.64. The van der Waals surface area contributed by atoms with Gasteiger partial charge in [0.05, 0.1) is 5.52 Å². The first kappa shape index (κ1) is 11.6. The molecule has 0 saturated carbocycles. The molecule has 3 nitrogen and oxygen atoms in total. The van der Waals surface area contributed by atoms with E-state index in [1.165, 1.54) is 11.0 Å². The first-order valence-corrected chi connectivity index (χ1v) is 5.56. The third kappa shape index (κ3) is 1.90. The summed E-state index contributed by atoms with van der Waals surface area (Å²) in [6, 6.07) is 4.91. The van der Waals surface area contributed by atoms with Crippen LogP contribution in [0.25, 0.3) is 10.9 Å². The number of hydrogen-bond acceptors (Lipinski definition) is 1. The molecule has 0 bridgehead atoms. The van der Waals surface area contributed by atoms with E-state index in [4.69, 9.17) is 0 Å². The molecule has 1 amide bonds. The maximum atomic E-state index is 13.6. The van der Waals surface area contributed by atoms with Gasteiger partial charge in [-0.25, -0.2) is 4.39 Å². The van der Waals surface area contributed by atoms with Crippen molar-refractivity contribution in [2.75, 3.05) is 14.1 Å². The Kier molecular flexibility index (Phi) is 2.88. The number of halogens is 1. The number of aryl methyl sites for hydroxylation is 1. The van der Waals surface area contributed by atoms with Crippen LogP contribution < -0.4 is 0 Å². The van der Waals surface area contributed by atoms with Gasteiger partial charge in [0.1, 0.15) is 11.5 Å². The summed E-state index contributed by atoms with van der Waals surface area (Å²) in [4.78, 5) is 16.1. The van der Waals surface area contributed by atoms with Gasteiger partial charge in [0.15, 0.2) is 0 Å². The number of hydrogen-bond donors (Lipinski definition) is 1. The molecule has 0 unspecified atom stereocenters. The van der Waals surface area contributed by atoms with Crippen molar-refractivity contribution in [1.29, 1.82) is 0 Å². The standard InChI is InChI=1S/C13H15FN2O/c1-4-8-5-6-10(14)12-9(8)7-11(15-12)13(17)16(2)3/h5-7,15H,4H2,1-3H3. The molecule has 1 N–H and O–H groups in total. The summed E-state index contributed by atoms with van der Waals surface area (Å²) >= 11 is 0. The van der Waals surface area contributed by atoms with Crippen molar-refractivity contribution in [2.45, 2.75) is 13.3 Å². The number of aromatic amines is 1. The lowest BCUT2D eigenvalue weighted by Gasteiger charge is -2.07. The number of amides is 1. The lowest BCUT2D eigenvalue weighted by atomic mass is 10.1. The zero-order chi connectivity index (χ0) is 12.6. The van der Waals surface area contributed by atoms with Gasteiger partial charge in [-0.1, -0.05) is 13.0 Å². The van der Waals surface area contributed by atoms with Gasteiger partial charge in [-0.2, -0.15) is 0 Å². The number of benzene rings is 1. The molecule has 2 rings (SSSR count). The van der Waals surface area contributed by atoms with E-state index in [2.05, 4.69) is 4.98 Å². The van der Waals surface area contributed by atoms with Gasteiger partial charge >= 0.3 is 0 Å². The molecule has 17 heavy (non-hydrogen) atoms. The van der Waals surface area contributed by atoms with Gasteiger partial charge in [0, 0.05) is 19.5 Å². The molecule has 0 aliphatic rings. The highest BCUT2D eigenvalue weighted by Gasteiger charge is 2.14. The summed E-state index contributed by atoms with van der Waals surface area (Å²) in [6.45, 7) is 2.01. The maximum absolute atomic E-state index is 13.6. The molecule has 1 heterocycles. The molecule has 0 saturated heterocycles. The number of carbonyl (C=O) groups is 1. The number of fused-ring (bicyclic) bond motifs is 1. The molecule has 4 heteroatoms. The Bertz CT molecular complexity index is 572. The van der Waals surface area contributed by atoms with Crippen molar-refractivity contribution in [3.8, 4) is 0 Å². The van der Waals surface area contributed by atoms with Crippen LogP contribution >= 0.6 is 0 Å². The highest BCUT2D eigenvalue weighted by atomic mass is 19.1. The van der Waals surface area contributed by atoms with Crippen LogP contribution in [0.3, 0.4) is 0 Å². The van der Waals surface area contributed by atoms with Gasteiger partial charge in [0.25, 0.3) is 5.91 Å². The van der Waals surface area contributed by atoms with E-state index in [-0.39, 0.29) is 11.7 Å². The summed E-state index contributed by atoms with van der Waals surface area (Å²) in [7, 11) is 3.34. The second-order valence-corrected chi connectivity index (χ2v) is 4.23. The normalized spacial score (nSPS) is 10.8. The smallest absolute Gasteiger partial charge is 0.269 e. The van der Waals surface area contributed by atoms with Crippen molar-refractivity contribution in [3.05, 3.63) is 35.3 Å². The van der Waals surface area contributed by atoms with E-state index in [0.29, 0.717) is 11.2 Å². The highest BCUT2D eigenvalue weighted by Crippen LogP contribution is 2.23. The molecular formula is C13H15FN2O. The van der Waals surface area contributed by atoms with Crippen LogP contribution in [0, 0.1) is 5.82 Å². The molecule has 0 aliphatic carbocycles. The number of nitrogens with zero attached hydrogens (tertiary/aromatic N) is 1. The Hall–Kier alpha value is -1.84. The lowest BCUT2D eigenvalue weighted by Crippen LogP contribution is -2.21. The summed E-state index contributed by atoms with van der Waals surface area (Å²) in [5.74, 6) is -0.474. The maximum Gasteiger partial charge on any atom is 0.269 e. The minimum absolute atomic E-state index is 0.150. The summed E-state index contributed by atoms with van der Waals surface area (Å²) in [6.07, 6.45) is 0.810. The molecule has 0 spiro atoms. The zero-order valence-corrected chi connectivity index (χ0v) is 10.2. The molecule has 1 aromatic carbocycles. The van der Waals surface area contributed by atoms with E-state index in [0.717, 1.165) is 17.4 Å². The van der Waals surface area contributed by atoms with Crippen LogP contribution in [-0.4, -0.2) is 29.9 Å². The van der Waals surface area contributed by atoms with Crippen LogP contribution in [0.2, 0.25) is 0 Å². The van der Waals surface area contributed by atoms with Crippen LogP contribution in [0.15, 0.2) is 18.2 Å². The third-order valence-electron chi connectivity index (χ3n) is 2.85. The van der Waals surface area contributed by atoms with Crippen molar-refractivity contribution >= 4 is 16.8 Å². The first-order chi connectivity index (χ1) is 8.04. The molecule has 0 fully saturated rings. The second-order valence-electron chi connectivity index (χ2n) is 4.23. The quantitative estimate of drug-likeness (QED) is 0.851. The fourth-order valence-corrected chi connectivity index (χ4v) is 1.91. The summed E-state index contributed by atoms with van der Waals surface area (Å²) in [5.41, 5.74) is 1.87. The Labute approximate surface area is 99.2 Å². The molecule has 1 aromatic heterocycles. The molecular weight excluding hydrogens is 219 g/mol. The number of rotatable bonds is 2. The van der Waals surface area contributed by atoms with Crippen LogP contribution in [0.1, 0.15) is 23.0 Å². The van der Waals surface area contributed by atoms with Crippen LogP contribution in [0.4, 0.5) is 4.39 Å². The van der Waals surface area contributed by atoms with E-state index in [9.17, 15) is 9.18 Å². The zero-order valence-electron chi connectivity index (χ0n) is 10.2. The number of H-pyrrole nitrogens is 1. The number of carbonyl (C=O) groups excluding carboxylic acids is 1. The van der Waals surface area contributed by atoms with Gasteiger partial charge in [-0.3, -0.25) is 4.79 Å². The van der Waals surface area contributed by atoms with Crippen LogP contribution in [0.5, 0.6) is 0 Å². The average Bonchev–Trinajstić information content (AvgIpc) is 2.74. The van der Waals surface area contributed by atoms with E-state index in [1.54, 1.807) is 26.2 Å². The summed E-state index contributed by atoms with van der Waals surface area (Å²) < 4.78 is 13.6. The van der Waals surface area contributed by atoms with Crippen molar-refractivity contribution < 1.29 is 9.18 Å². The Morgan fingerprint density at radius 3 is 2.71 bits per heavy atom. The molecule has 0 atom stereocenters. The van der Waals surface area contributed by atoms with Crippen molar-refractivity contribution in [2.24, 2.45) is 0 Å². The average molecular weight is 234 g/mol. The monoisotopic (exact) mass is 234 g/mol. The minimum Gasteiger partial charge on any atom is -0.348 e. The molecule has 0 aliphatic heterocycles. The fraction of sp³-hybridized carbons (Fsp3) is 0.308. The largest absolute Gasteiger partial charge is 0.348 e. The Morgan fingerprint density at radius 2 is 2.12 bits per heavy atom. The van der Waals surface area contributed by atoms with Gasteiger partial charge in [-0.05, 0) is 24.1 Å². The predicted octanol–water partition coefficient (Wildman–Crippen LogP) is 2.57. The van der Waals surface area contributed by atoms with Gasteiger partial charge in [-0.15, -0.1) is 0 Å². The minimum atomic E-state index is -0.324. The number of aromatic nitrogens is 1. The van der Waals surface area contributed by atoms with Crippen LogP contribution in [-0.2, 0) is 6.42 Å². The third-order valence-corrected chi connectivity index (χ3v) is 2.85. The summed E-state index contributed by atoms with van der Waals surface area (Å²) in [5, 5.41) is 0.790. The van der Waals surface area contributed by atoms with E-state index >= 15 is 0 Å². The molecule has 2 aromatic rings. The van der Waals surface area contributed by atoms with E-state index in [1.807, 2.05) is 6.92 Å². The predicted molar refractivity (Wildman–Crippen MR) is 65.7 cm³/mol. The number of nitrogens with one attached hydrogen (secondary N) is 1. The lowest BCUT2D eigenvalue weighted by molar-refractivity contribution is 0.0823. The van der Waals surface area contributed by atoms with Crippen molar-refractivity contribution in [3.63, 3.8) is 0 Å². The second kappa shape index (κ2) is 4.20. The Morgan fingerprint density at radius 1 is 1.41 bits per heavy atom. The molecule has 0 radical (unpaired) electrons. The van der Waals surface area contributed by atoms with E-state index < -0.39 is 0 Å². The van der Waals surface area contributed by atoms with Gasteiger partial charge in [0.2, 0.25) is 0 Å². The van der Waals surface area contributed by atoms with Gasteiger partial charge < -0.3 is 9.88 Å². The highest BCUT2D eigenvalue weighted by molar-refractivity contribution is 5.98. The molecule has 90 valence electrons. The topological polar surface area (TPSA) is 36.1 Å². The van der Waals surface area contributed by atoms with Crippen molar-refractivity contribution in [1.82, 2.24) is 9.88 Å².